The van der Waals surface area contributed by atoms with E-state index in [0.717, 1.165) is 4.47 Å². The first-order valence-electron chi connectivity index (χ1n) is 14.1. The molecule has 6 aromatic carbocycles. The van der Waals surface area contributed by atoms with Gasteiger partial charge in [-0.25, -0.2) is 0 Å². The van der Waals surface area contributed by atoms with Crippen LogP contribution in [0, 0.1) is 0 Å². The molecule has 8 rings (SSSR count). The van der Waals surface area contributed by atoms with Crippen LogP contribution in [0.25, 0.3) is 60.9 Å². The first-order valence-corrected chi connectivity index (χ1v) is 14.9. The summed E-state index contributed by atoms with van der Waals surface area (Å²) in [7, 11) is 0. The van der Waals surface area contributed by atoms with Crippen molar-refractivity contribution in [2.24, 2.45) is 0 Å². The number of hydrogen-bond donors (Lipinski definition) is 0. The van der Waals surface area contributed by atoms with Crippen molar-refractivity contribution in [1.82, 2.24) is 4.57 Å². The minimum Gasteiger partial charge on any atom is -0.309 e. The van der Waals surface area contributed by atoms with Gasteiger partial charge in [0.2, 0.25) is 0 Å². The Bertz CT molecular complexity index is 2130. The molecule has 1 nitrogen and oxygen atoms in total. The van der Waals surface area contributed by atoms with Crippen molar-refractivity contribution in [3.8, 4) is 39.1 Å². The largest absolute Gasteiger partial charge is 0.309 e. The van der Waals surface area contributed by atoms with Gasteiger partial charge in [0.05, 0.1) is 11.0 Å². The lowest BCUT2D eigenvalue weighted by atomic mass is 9.82. The second-order valence-corrected chi connectivity index (χ2v) is 12.5. The second kappa shape index (κ2) is 9.06. The van der Waals surface area contributed by atoms with E-state index >= 15 is 0 Å². The maximum atomic E-state index is 3.56. The molecule has 0 amide bonds. The number of rotatable bonds is 3. The zero-order valence-corrected chi connectivity index (χ0v) is 24.6. The number of benzene rings is 6. The molecule has 0 radical (unpaired) electrons. The minimum atomic E-state index is -0.00169. The average molecular weight is 591 g/mol. The molecule has 41 heavy (non-hydrogen) atoms. The van der Waals surface area contributed by atoms with Gasteiger partial charge in [0, 0.05) is 26.3 Å². The van der Waals surface area contributed by atoms with Gasteiger partial charge in [-0.1, -0.05) is 121 Å². The van der Waals surface area contributed by atoms with Gasteiger partial charge in [-0.05, 0) is 87.0 Å². The smallest absolute Gasteiger partial charge is 0.0547 e. The van der Waals surface area contributed by atoms with Crippen molar-refractivity contribution >= 4 is 37.7 Å². The van der Waals surface area contributed by atoms with Crippen LogP contribution in [-0.4, -0.2) is 4.57 Å². The summed E-state index contributed by atoms with van der Waals surface area (Å²) >= 11 is 3.56. The molecule has 0 unspecified atom stereocenters. The molecule has 0 spiro atoms. The first kappa shape index (κ1) is 24.4. The molecule has 1 aliphatic rings. The van der Waals surface area contributed by atoms with Crippen molar-refractivity contribution in [2.45, 2.75) is 19.3 Å². The van der Waals surface area contributed by atoms with Gasteiger partial charge in [0.25, 0.3) is 0 Å². The number of nitrogens with zero attached hydrogens (tertiary/aromatic N) is 1. The molecule has 1 aliphatic carbocycles. The Morgan fingerprint density at radius 1 is 0.488 bits per heavy atom. The molecule has 1 heterocycles. The van der Waals surface area contributed by atoms with Crippen LogP contribution in [0.4, 0.5) is 0 Å². The van der Waals surface area contributed by atoms with Crippen molar-refractivity contribution < 1.29 is 0 Å². The lowest BCUT2D eigenvalue weighted by Crippen LogP contribution is -2.14. The Morgan fingerprint density at radius 3 is 2.00 bits per heavy atom. The number of fused-ring (bicyclic) bond motifs is 6. The van der Waals surface area contributed by atoms with Crippen LogP contribution in [0.5, 0.6) is 0 Å². The van der Waals surface area contributed by atoms with Crippen molar-refractivity contribution in [3.05, 3.63) is 149 Å². The van der Waals surface area contributed by atoms with Gasteiger partial charge in [-0.3, -0.25) is 0 Å². The molecule has 0 fully saturated rings. The highest BCUT2D eigenvalue weighted by Crippen LogP contribution is 2.49. The summed E-state index contributed by atoms with van der Waals surface area (Å²) in [6, 6.07) is 49.0. The SMILES string of the molecule is CC1(C)c2ccccc2-c2cc(-n3c4ccccc4c4ccc(-c5cccc(-c6ccc(Br)cc6)c5)cc43)ccc21. The maximum absolute atomic E-state index is 3.56. The molecule has 0 saturated carbocycles. The highest BCUT2D eigenvalue weighted by atomic mass is 79.9. The Morgan fingerprint density at radius 2 is 1.15 bits per heavy atom. The number of halogens is 1. The van der Waals surface area contributed by atoms with Gasteiger partial charge in [-0.2, -0.15) is 0 Å². The molecular formula is C39H28BrN. The van der Waals surface area contributed by atoms with Gasteiger partial charge in [0.15, 0.2) is 0 Å². The predicted molar refractivity (Wildman–Crippen MR) is 177 cm³/mol. The number of para-hydroxylation sites is 1. The van der Waals surface area contributed by atoms with E-state index < -0.39 is 0 Å². The van der Waals surface area contributed by atoms with Crippen LogP contribution >= 0.6 is 15.9 Å². The monoisotopic (exact) mass is 589 g/mol. The standard InChI is InChI=1S/C39H28BrN/c1-39(2)35-12-5-3-10-31(35)34-24-30(19-21-36(34)39)41-37-13-6-4-11-32(37)33-20-16-28(23-38(33)41)27-9-7-8-26(22-27)25-14-17-29(40)18-15-25/h3-24H,1-2H3. The third kappa shape index (κ3) is 3.74. The first-order chi connectivity index (χ1) is 20.0. The Kier molecular flexibility index (Phi) is 5.39. The molecule has 1 aromatic heterocycles. The van der Waals surface area contributed by atoms with Gasteiger partial charge >= 0.3 is 0 Å². The fourth-order valence-electron chi connectivity index (χ4n) is 6.80. The molecular weight excluding hydrogens is 562 g/mol. The molecule has 0 atom stereocenters. The summed E-state index contributed by atoms with van der Waals surface area (Å²) in [5.41, 5.74) is 14.0. The van der Waals surface area contributed by atoms with E-state index in [2.05, 4.69) is 168 Å². The van der Waals surface area contributed by atoms with Crippen molar-refractivity contribution in [1.29, 1.82) is 0 Å². The quantitative estimate of drug-likeness (QED) is 0.193. The van der Waals surface area contributed by atoms with Gasteiger partial charge in [-0.15, -0.1) is 0 Å². The maximum Gasteiger partial charge on any atom is 0.0547 e. The summed E-state index contributed by atoms with van der Waals surface area (Å²) < 4.78 is 3.54. The molecule has 0 N–H and O–H groups in total. The van der Waals surface area contributed by atoms with Crippen LogP contribution in [0.2, 0.25) is 0 Å². The Hall–Kier alpha value is -4.40. The van der Waals surface area contributed by atoms with E-state index in [1.807, 2.05) is 0 Å². The van der Waals surface area contributed by atoms with Crippen LogP contribution in [0.1, 0.15) is 25.0 Å². The summed E-state index contributed by atoms with van der Waals surface area (Å²) in [4.78, 5) is 0. The summed E-state index contributed by atoms with van der Waals surface area (Å²) in [6.45, 7) is 4.68. The van der Waals surface area contributed by atoms with E-state index in [1.54, 1.807) is 0 Å². The third-order valence-corrected chi connectivity index (χ3v) is 9.40. The lowest BCUT2D eigenvalue weighted by Gasteiger charge is -2.21. The summed E-state index contributed by atoms with van der Waals surface area (Å²) in [5.74, 6) is 0. The van der Waals surface area contributed by atoms with Crippen LogP contribution in [0.15, 0.2) is 138 Å². The average Bonchev–Trinajstić information content (AvgIpc) is 3.46. The van der Waals surface area contributed by atoms with E-state index in [0.29, 0.717) is 0 Å². The summed E-state index contributed by atoms with van der Waals surface area (Å²) in [5, 5.41) is 2.55. The molecule has 196 valence electrons. The number of aromatic nitrogens is 1. The normalized spacial score (nSPS) is 13.4. The van der Waals surface area contributed by atoms with Gasteiger partial charge in [0.1, 0.15) is 0 Å². The molecule has 0 bridgehead atoms. The fraction of sp³-hybridized carbons (Fsp3) is 0.0769. The number of hydrogen-bond acceptors (Lipinski definition) is 0. The highest BCUT2D eigenvalue weighted by molar-refractivity contribution is 9.10. The van der Waals surface area contributed by atoms with Crippen molar-refractivity contribution in [2.75, 3.05) is 0 Å². The molecule has 7 aromatic rings. The summed E-state index contributed by atoms with van der Waals surface area (Å²) in [6.07, 6.45) is 0. The zero-order valence-electron chi connectivity index (χ0n) is 23.0. The van der Waals surface area contributed by atoms with E-state index in [-0.39, 0.29) is 5.41 Å². The second-order valence-electron chi connectivity index (χ2n) is 11.6. The topological polar surface area (TPSA) is 4.93 Å². The van der Waals surface area contributed by atoms with Crippen molar-refractivity contribution in [3.63, 3.8) is 0 Å². The lowest BCUT2D eigenvalue weighted by molar-refractivity contribution is 0.660. The Balaban J connectivity index is 1.33. The highest BCUT2D eigenvalue weighted by Gasteiger charge is 2.35. The van der Waals surface area contributed by atoms with E-state index in [1.165, 1.54) is 72.0 Å². The van der Waals surface area contributed by atoms with E-state index in [4.69, 9.17) is 0 Å². The predicted octanol–water partition coefficient (Wildman–Crippen LogP) is 11.2. The van der Waals surface area contributed by atoms with Crippen LogP contribution in [0.3, 0.4) is 0 Å². The molecule has 2 heteroatoms. The third-order valence-electron chi connectivity index (χ3n) is 8.87. The molecule has 0 aliphatic heterocycles. The minimum absolute atomic E-state index is 0.00169. The van der Waals surface area contributed by atoms with E-state index in [9.17, 15) is 0 Å². The van der Waals surface area contributed by atoms with Crippen LogP contribution < -0.4 is 0 Å². The fourth-order valence-corrected chi connectivity index (χ4v) is 7.06. The zero-order chi connectivity index (χ0) is 27.7. The molecule has 0 saturated heterocycles. The van der Waals surface area contributed by atoms with Gasteiger partial charge < -0.3 is 4.57 Å². The van der Waals surface area contributed by atoms with Crippen LogP contribution in [-0.2, 0) is 5.41 Å². The Labute approximate surface area is 248 Å².